The summed E-state index contributed by atoms with van der Waals surface area (Å²) in [4.78, 5) is 7.96. The molecule has 1 N–H and O–H groups in total. The van der Waals surface area contributed by atoms with Crippen molar-refractivity contribution in [1.29, 1.82) is 5.26 Å². The lowest BCUT2D eigenvalue weighted by Crippen LogP contribution is -2.40. The molecule has 1 fully saturated rings. The summed E-state index contributed by atoms with van der Waals surface area (Å²) in [5.41, 5.74) is 0.311. The number of ether oxygens (including phenoxy) is 1. The number of hydrogen-bond donors (Lipinski definition) is 1. The van der Waals surface area contributed by atoms with Crippen molar-refractivity contribution in [2.45, 2.75) is 31.9 Å². The number of piperidine rings is 1. The Morgan fingerprint density at radius 1 is 1.47 bits per heavy atom. The fourth-order valence-electron chi connectivity index (χ4n) is 1.80. The lowest BCUT2D eigenvalue weighted by Gasteiger charge is -2.27. The maximum atomic E-state index is 8.58. The number of hydrogen-bond acceptors (Lipinski definition) is 5. The molecule has 1 aliphatic rings. The molecule has 0 amide bonds. The summed E-state index contributed by atoms with van der Waals surface area (Å²) in [6.07, 6.45) is 5.08. The minimum Gasteiger partial charge on any atom is -0.473 e. The van der Waals surface area contributed by atoms with E-state index < -0.39 is 0 Å². The van der Waals surface area contributed by atoms with Crippen LogP contribution in [0.25, 0.3) is 0 Å². The van der Waals surface area contributed by atoms with E-state index in [1.807, 2.05) is 6.07 Å². The number of halogens is 1. The van der Waals surface area contributed by atoms with Crippen molar-refractivity contribution in [3.05, 3.63) is 18.1 Å². The first-order chi connectivity index (χ1) is 7.78. The first kappa shape index (κ1) is 13.7. The molecule has 6 heteroatoms. The normalized spacial score (nSPS) is 23.3. The molecule has 0 aliphatic carbocycles. The molecule has 1 aromatic rings. The van der Waals surface area contributed by atoms with E-state index in [0.717, 1.165) is 19.4 Å². The topological polar surface area (TPSA) is 70.8 Å². The molecule has 0 aromatic carbocycles. The molecule has 5 nitrogen and oxygen atoms in total. The molecule has 0 spiro atoms. The molecule has 17 heavy (non-hydrogen) atoms. The molecule has 0 radical (unpaired) electrons. The van der Waals surface area contributed by atoms with Gasteiger partial charge in [-0.1, -0.05) is 0 Å². The Balaban J connectivity index is 0.00000144. The molecule has 92 valence electrons. The molecule has 2 atom stereocenters. The maximum Gasteiger partial charge on any atom is 0.232 e. The van der Waals surface area contributed by atoms with Gasteiger partial charge in [0.05, 0.1) is 12.4 Å². The molecule has 2 rings (SSSR count). The molecule has 1 aromatic heterocycles. The average Bonchev–Trinajstić information content (AvgIpc) is 2.30. The molecule has 0 saturated carbocycles. The Kier molecular flexibility index (Phi) is 5.13. The smallest absolute Gasteiger partial charge is 0.232 e. The van der Waals surface area contributed by atoms with Gasteiger partial charge in [0.15, 0.2) is 5.69 Å². The predicted molar refractivity (Wildman–Crippen MR) is 65.1 cm³/mol. The molecule has 1 aliphatic heterocycles. The summed E-state index contributed by atoms with van der Waals surface area (Å²) in [5.74, 6) is 0.498. The van der Waals surface area contributed by atoms with E-state index in [9.17, 15) is 0 Å². The number of nitriles is 1. The SMILES string of the molecule is C[C@H]1C[C@@H](Oc2cnc(C#N)cn2)CCN1.Cl. The van der Waals surface area contributed by atoms with Crippen LogP contribution in [0.15, 0.2) is 12.4 Å². The van der Waals surface area contributed by atoms with Crippen molar-refractivity contribution in [1.82, 2.24) is 15.3 Å². The van der Waals surface area contributed by atoms with Crippen LogP contribution in [0.1, 0.15) is 25.5 Å². The number of nitrogens with one attached hydrogen (secondary N) is 1. The Morgan fingerprint density at radius 2 is 2.29 bits per heavy atom. The number of aromatic nitrogens is 2. The van der Waals surface area contributed by atoms with Crippen molar-refractivity contribution < 1.29 is 4.74 Å². The van der Waals surface area contributed by atoms with Crippen molar-refractivity contribution in [3.8, 4) is 11.9 Å². The number of rotatable bonds is 2. The van der Waals surface area contributed by atoms with Gasteiger partial charge < -0.3 is 10.1 Å². The van der Waals surface area contributed by atoms with Gasteiger partial charge >= 0.3 is 0 Å². The van der Waals surface area contributed by atoms with Gasteiger partial charge in [0, 0.05) is 6.04 Å². The minimum atomic E-state index is 0. The second-order valence-corrected chi connectivity index (χ2v) is 3.97. The third-order valence-electron chi connectivity index (χ3n) is 2.61. The van der Waals surface area contributed by atoms with Gasteiger partial charge in [-0.25, -0.2) is 9.97 Å². The van der Waals surface area contributed by atoms with Crippen molar-refractivity contribution >= 4 is 12.4 Å². The molecule has 2 heterocycles. The largest absolute Gasteiger partial charge is 0.473 e. The Hall–Kier alpha value is -1.38. The summed E-state index contributed by atoms with van der Waals surface area (Å²) in [6, 6.07) is 2.40. The van der Waals surface area contributed by atoms with Crippen LogP contribution in [0, 0.1) is 11.3 Å². The van der Waals surface area contributed by atoms with E-state index in [4.69, 9.17) is 10.00 Å². The van der Waals surface area contributed by atoms with Gasteiger partial charge in [-0.2, -0.15) is 5.26 Å². The zero-order chi connectivity index (χ0) is 11.4. The van der Waals surface area contributed by atoms with Gasteiger partial charge in [-0.3, -0.25) is 0 Å². The third-order valence-corrected chi connectivity index (χ3v) is 2.61. The summed E-state index contributed by atoms with van der Waals surface area (Å²) < 4.78 is 5.70. The second kappa shape index (κ2) is 6.38. The highest BCUT2D eigenvalue weighted by molar-refractivity contribution is 5.85. The predicted octanol–water partition coefficient (Wildman–Crippen LogP) is 1.29. The van der Waals surface area contributed by atoms with Crippen LogP contribution >= 0.6 is 12.4 Å². The Labute approximate surface area is 107 Å². The van der Waals surface area contributed by atoms with Gasteiger partial charge in [0.2, 0.25) is 5.88 Å². The van der Waals surface area contributed by atoms with Crippen molar-refractivity contribution in [2.24, 2.45) is 0 Å². The fourth-order valence-corrected chi connectivity index (χ4v) is 1.80. The van der Waals surface area contributed by atoms with Crippen LogP contribution in [0.4, 0.5) is 0 Å². The van der Waals surface area contributed by atoms with Crippen LogP contribution < -0.4 is 10.1 Å². The van der Waals surface area contributed by atoms with E-state index in [1.54, 1.807) is 0 Å². The minimum absolute atomic E-state index is 0. The van der Waals surface area contributed by atoms with Crippen molar-refractivity contribution in [2.75, 3.05) is 6.54 Å². The van der Waals surface area contributed by atoms with E-state index >= 15 is 0 Å². The molecule has 0 bridgehead atoms. The summed E-state index contributed by atoms with van der Waals surface area (Å²) in [7, 11) is 0. The molecular formula is C11H15ClN4O. The first-order valence-corrected chi connectivity index (χ1v) is 5.40. The van der Waals surface area contributed by atoms with Gasteiger partial charge in [-0.15, -0.1) is 12.4 Å². The Bertz CT molecular complexity index is 389. The standard InChI is InChI=1S/C11H14N4O.ClH/c1-8-4-10(2-3-13-8)16-11-7-14-9(5-12)6-15-11;/h6-8,10,13H,2-4H2,1H3;1H/t8-,10-;/m0./s1. The first-order valence-electron chi connectivity index (χ1n) is 5.40. The van der Waals surface area contributed by atoms with Crippen LogP contribution in [-0.4, -0.2) is 28.7 Å². The van der Waals surface area contributed by atoms with E-state index in [0.29, 0.717) is 17.6 Å². The van der Waals surface area contributed by atoms with Crippen LogP contribution in [0.3, 0.4) is 0 Å². The van der Waals surface area contributed by atoms with Crippen LogP contribution in [-0.2, 0) is 0 Å². The summed E-state index contributed by atoms with van der Waals surface area (Å²) in [6.45, 7) is 3.11. The monoisotopic (exact) mass is 254 g/mol. The lowest BCUT2D eigenvalue weighted by atomic mass is 10.0. The Morgan fingerprint density at radius 3 is 2.88 bits per heavy atom. The van der Waals surface area contributed by atoms with Gasteiger partial charge in [0.1, 0.15) is 12.2 Å². The van der Waals surface area contributed by atoms with Gasteiger partial charge in [-0.05, 0) is 26.3 Å². The molecule has 1 saturated heterocycles. The summed E-state index contributed by atoms with van der Waals surface area (Å²) >= 11 is 0. The van der Waals surface area contributed by atoms with Gasteiger partial charge in [0.25, 0.3) is 0 Å². The van der Waals surface area contributed by atoms with Crippen LogP contribution in [0.5, 0.6) is 5.88 Å². The summed E-state index contributed by atoms with van der Waals surface area (Å²) in [5, 5.41) is 11.9. The number of nitrogens with zero attached hydrogens (tertiary/aromatic N) is 3. The average molecular weight is 255 g/mol. The third kappa shape index (κ3) is 3.84. The highest BCUT2D eigenvalue weighted by atomic mass is 35.5. The lowest BCUT2D eigenvalue weighted by molar-refractivity contribution is 0.137. The highest BCUT2D eigenvalue weighted by Gasteiger charge is 2.19. The van der Waals surface area contributed by atoms with Crippen molar-refractivity contribution in [3.63, 3.8) is 0 Å². The zero-order valence-electron chi connectivity index (χ0n) is 9.59. The van der Waals surface area contributed by atoms with E-state index in [2.05, 4.69) is 22.2 Å². The van der Waals surface area contributed by atoms with Crippen LogP contribution in [0.2, 0.25) is 0 Å². The highest BCUT2D eigenvalue weighted by Crippen LogP contribution is 2.15. The fraction of sp³-hybridized carbons (Fsp3) is 0.545. The van der Waals surface area contributed by atoms with E-state index in [-0.39, 0.29) is 18.5 Å². The molecular weight excluding hydrogens is 240 g/mol. The quantitative estimate of drug-likeness (QED) is 0.861. The van der Waals surface area contributed by atoms with E-state index in [1.165, 1.54) is 12.4 Å². The second-order valence-electron chi connectivity index (χ2n) is 3.97. The zero-order valence-corrected chi connectivity index (χ0v) is 10.4. The maximum absolute atomic E-state index is 8.58. The molecule has 0 unspecified atom stereocenters.